The molecule has 4 aliphatic rings. The van der Waals surface area contributed by atoms with Crippen molar-refractivity contribution in [2.24, 2.45) is 40.9 Å². The van der Waals surface area contributed by atoms with Crippen LogP contribution in [0.1, 0.15) is 36.5 Å². The van der Waals surface area contributed by atoms with Crippen LogP contribution in [-0.2, 0) is 4.74 Å². The van der Waals surface area contributed by atoms with Gasteiger partial charge in [-0.25, -0.2) is 4.79 Å². The first-order chi connectivity index (χ1) is 14.1. The van der Waals surface area contributed by atoms with E-state index in [2.05, 4.69) is 31.2 Å². The van der Waals surface area contributed by atoms with Gasteiger partial charge in [0.1, 0.15) is 0 Å². The van der Waals surface area contributed by atoms with Gasteiger partial charge in [-0.2, -0.15) is 0 Å². The first-order valence-electron chi connectivity index (χ1n) is 11.1. The van der Waals surface area contributed by atoms with Crippen LogP contribution in [0.5, 0.6) is 0 Å². The topological polar surface area (TPSA) is 26.3 Å². The first kappa shape index (κ1) is 17.5. The van der Waals surface area contributed by atoms with Gasteiger partial charge in [0, 0.05) is 5.41 Å². The molecule has 2 aromatic carbocycles. The van der Waals surface area contributed by atoms with Crippen molar-refractivity contribution in [1.29, 1.82) is 0 Å². The second-order valence-corrected chi connectivity index (χ2v) is 10.1. The third-order valence-corrected chi connectivity index (χ3v) is 8.51. The molecule has 3 saturated carbocycles. The lowest BCUT2D eigenvalue weighted by Crippen LogP contribution is -2.40. The fourth-order valence-corrected chi connectivity index (χ4v) is 7.42. The molecule has 0 aliphatic heterocycles. The summed E-state index contributed by atoms with van der Waals surface area (Å²) >= 11 is 0. The summed E-state index contributed by atoms with van der Waals surface area (Å²) in [6, 6.07) is 18.0. The van der Waals surface area contributed by atoms with E-state index >= 15 is 0 Å². The van der Waals surface area contributed by atoms with Crippen LogP contribution in [0, 0.1) is 40.9 Å². The van der Waals surface area contributed by atoms with Gasteiger partial charge in [-0.15, -0.1) is 0 Å². The van der Waals surface area contributed by atoms with Gasteiger partial charge < -0.3 is 4.74 Å². The van der Waals surface area contributed by atoms with E-state index in [-0.39, 0.29) is 11.4 Å². The number of hydrogen-bond donors (Lipinski definition) is 0. The molecule has 0 heterocycles. The van der Waals surface area contributed by atoms with Crippen molar-refractivity contribution < 1.29 is 9.53 Å². The Morgan fingerprint density at radius 1 is 0.966 bits per heavy atom. The summed E-state index contributed by atoms with van der Waals surface area (Å²) in [7, 11) is 0. The van der Waals surface area contributed by atoms with Crippen molar-refractivity contribution in [1.82, 2.24) is 0 Å². The summed E-state index contributed by atoms with van der Waals surface area (Å²) in [4.78, 5) is 12.9. The number of benzene rings is 2. The highest BCUT2D eigenvalue weighted by Crippen LogP contribution is 2.70. The highest BCUT2D eigenvalue weighted by Gasteiger charge is 2.64. The zero-order valence-corrected chi connectivity index (χ0v) is 17.0. The molecule has 4 bridgehead atoms. The Balaban J connectivity index is 1.17. The molecule has 0 radical (unpaired) electrons. The van der Waals surface area contributed by atoms with Gasteiger partial charge in [0.15, 0.2) is 0 Å². The number of allylic oxidation sites excluding steroid dienone is 2. The lowest BCUT2D eigenvalue weighted by Gasteiger charge is -2.43. The zero-order chi connectivity index (χ0) is 19.6. The molecule has 2 nitrogen and oxygen atoms in total. The van der Waals surface area contributed by atoms with E-state index in [0.29, 0.717) is 12.2 Å². The van der Waals surface area contributed by atoms with E-state index in [1.165, 1.54) is 19.3 Å². The molecule has 148 valence electrons. The van der Waals surface area contributed by atoms with Crippen LogP contribution in [0.3, 0.4) is 0 Å². The van der Waals surface area contributed by atoms with Crippen molar-refractivity contribution in [2.45, 2.75) is 26.2 Å². The Kier molecular flexibility index (Phi) is 3.82. The average Bonchev–Trinajstić information content (AvgIpc) is 3.52. The van der Waals surface area contributed by atoms with Crippen molar-refractivity contribution in [3.63, 3.8) is 0 Å². The minimum absolute atomic E-state index is 0.150. The van der Waals surface area contributed by atoms with E-state index in [1.54, 1.807) is 0 Å². The smallest absolute Gasteiger partial charge is 0.338 e. The maximum absolute atomic E-state index is 12.9. The van der Waals surface area contributed by atoms with Gasteiger partial charge >= 0.3 is 5.97 Å². The predicted molar refractivity (Wildman–Crippen MR) is 114 cm³/mol. The van der Waals surface area contributed by atoms with Gasteiger partial charge in [-0.1, -0.05) is 61.5 Å². The molecule has 0 amide bonds. The number of rotatable bonds is 4. The Hall–Kier alpha value is -2.35. The second kappa shape index (κ2) is 6.32. The molecule has 6 rings (SSSR count). The van der Waals surface area contributed by atoms with Crippen LogP contribution in [-0.4, -0.2) is 12.6 Å². The van der Waals surface area contributed by atoms with Crippen molar-refractivity contribution in [3.05, 3.63) is 72.3 Å². The highest BCUT2D eigenvalue weighted by molar-refractivity contribution is 5.91. The Bertz CT molecular complexity index is 977. The van der Waals surface area contributed by atoms with E-state index in [1.807, 2.05) is 42.5 Å². The van der Waals surface area contributed by atoms with Crippen LogP contribution in [0.15, 0.2) is 66.7 Å². The molecule has 0 N–H and O–H groups in total. The lowest BCUT2D eigenvalue weighted by molar-refractivity contribution is -0.00561. The quantitative estimate of drug-likeness (QED) is 0.367. The molecule has 0 spiro atoms. The first-order valence-corrected chi connectivity index (χ1v) is 11.1. The summed E-state index contributed by atoms with van der Waals surface area (Å²) in [5.74, 6) is 4.77. The molecule has 0 saturated heterocycles. The minimum atomic E-state index is -0.184. The fraction of sp³-hybridized carbons (Fsp3) is 0.444. The Morgan fingerprint density at radius 2 is 1.72 bits per heavy atom. The van der Waals surface area contributed by atoms with Crippen LogP contribution in [0.2, 0.25) is 0 Å². The van der Waals surface area contributed by atoms with Crippen LogP contribution < -0.4 is 0 Å². The number of carbonyl (C=O) groups excluding carboxylic acids is 1. The van der Waals surface area contributed by atoms with Crippen LogP contribution >= 0.6 is 0 Å². The number of ether oxygens (including phenoxy) is 1. The van der Waals surface area contributed by atoms with Gasteiger partial charge in [-0.3, -0.25) is 0 Å². The van der Waals surface area contributed by atoms with E-state index < -0.39 is 0 Å². The second-order valence-electron chi connectivity index (χ2n) is 10.1. The van der Waals surface area contributed by atoms with Crippen LogP contribution in [0.25, 0.3) is 11.1 Å². The maximum atomic E-state index is 12.9. The lowest BCUT2D eigenvalue weighted by atomic mass is 9.63. The van der Waals surface area contributed by atoms with Crippen LogP contribution in [0.4, 0.5) is 0 Å². The number of esters is 1. The predicted octanol–water partition coefficient (Wildman–Crippen LogP) is 5.99. The fourth-order valence-electron chi connectivity index (χ4n) is 7.42. The maximum Gasteiger partial charge on any atom is 0.338 e. The molecule has 2 aromatic rings. The SMILES string of the molecule is CC1(COC(=O)c2cccc(-c3ccccc3)c2)CC2CC1C1C3C=CC(C3)C21. The van der Waals surface area contributed by atoms with E-state index in [0.717, 1.165) is 46.6 Å². The third-order valence-electron chi connectivity index (χ3n) is 8.51. The normalized spacial score (nSPS) is 38.4. The zero-order valence-electron chi connectivity index (χ0n) is 17.0. The number of carbonyl (C=O) groups is 1. The van der Waals surface area contributed by atoms with E-state index in [4.69, 9.17) is 4.74 Å². The molecule has 7 unspecified atom stereocenters. The molecule has 29 heavy (non-hydrogen) atoms. The number of fused-ring (bicyclic) bond motifs is 9. The summed E-state index contributed by atoms with van der Waals surface area (Å²) < 4.78 is 5.93. The molecule has 3 fully saturated rings. The molecule has 2 heteroatoms. The molecule has 0 aromatic heterocycles. The molecule has 4 aliphatic carbocycles. The highest BCUT2D eigenvalue weighted by atomic mass is 16.5. The minimum Gasteiger partial charge on any atom is -0.462 e. The van der Waals surface area contributed by atoms with Gasteiger partial charge in [0.05, 0.1) is 12.2 Å². The van der Waals surface area contributed by atoms with Gasteiger partial charge in [-0.05, 0) is 78.0 Å². The van der Waals surface area contributed by atoms with Crippen molar-refractivity contribution in [2.75, 3.05) is 6.61 Å². The number of hydrogen-bond acceptors (Lipinski definition) is 2. The standard InChI is InChI=1S/C27H28O2/c1-27(15-22-14-23(27)25-20-11-10-19(13-20)24(22)25)16-29-26(28)21-9-5-8-18(12-21)17-6-3-2-4-7-17/h2-12,19-20,22-25H,13-16H2,1H3. The summed E-state index contributed by atoms with van der Waals surface area (Å²) in [5.41, 5.74) is 2.98. The average molecular weight is 385 g/mol. The summed E-state index contributed by atoms with van der Waals surface area (Å²) in [6.07, 6.45) is 8.93. The van der Waals surface area contributed by atoms with E-state index in [9.17, 15) is 4.79 Å². The Morgan fingerprint density at radius 3 is 2.55 bits per heavy atom. The summed E-state index contributed by atoms with van der Waals surface area (Å²) in [6.45, 7) is 2.93. The van der Waals surface area contributed by atoms with Crippen molar-refractivity contribution in [3.8, 4) is 11.1 Å². The third kappa shape index (κ3) is 2.64. The van der Waals surface area contributed by atoms with Crippen molar-refractivity contribution >= 4 is 5.97 Å². The summed E-state index contributed by atoms with van der Waals surface area (Å²) in [5, 5.41) is 0. The molecular formula is C27H28O2. The monoisotopic (exact) mass is 384 g/mol. The molecular weight excluding hydrogens is 356 g/mol. The molecule has 7 atom stereocenters. The van der Waals surface area contributed by atoms with Gasteiger partial charge in [0.2, 0.25) is 0 Å². The Labute approximate surface area is 173 Å². The van der Waals surface area contributed by atoms with Gasteiger partial charge in [0.25, 0.3) is 0 Å². The largest absolute Gasteiger partial charge is 0.462 e.